The summed E-state index contributed by atoms with van der Waals surface area (Å²) in [5, 5.41) is 4.10. The average Bonchev–Trinajstić information content (AvgIpc) is 3.05. The minimum absolute atomic E-state index is 0.0993. The monoisotopic (exact) mass is 385 g/mol. The van der Waals surface area contributed by atoms with Crippen LogP contribution in [0.15, 0.2) is 42.6 Å². The SMILES string of the molecule is CN1CCC(c2c[nH]c3ccc(NC(=O)c4ccc(F)cc4Cl)cc23)CC1. The lowest BCUT2D eigenvalue weighted by Gasteiger charge is -2.28. The standard InChI is InChI=1S/C21H21ClFN3O/c1-26-8-6-13(7-9-26)18-12-24-20-5-3-15(11-17(18)20)25-21(27)16-4-2-14(23)10-19(16)22/h2-5,10-13,24H,6-9H2,1H3,(H,25,27). The van der Waals surface area contributed by atoms with Crippen LogP contribution in [0.4, 0.5) is 10.1 Å². The van der Waals surface area contributed by atoms with Crippen LogP contribution < -0.4 is 5.32 Å². The smallest absolute Gasteiger partial charge is 0.257 e. The van der Waals surface area contributed by atoms with Crippen molar-refractivity contribution < 1.29 is 9.18 Å². The topological polar surface area (TPSA) is 48.1 Å². The molecule has 4 rings (SSSR count). The summed E-state index contributed by atoms with van der Waals surface area (Å²) in [6.07, 6.45) is 4.35. The largest absolute Gasteiger partial charge is 0.361 e. The van der Waals surface area contributed by atoms with Gasteiger partial charge >= 0.3 is 0 Å². The maximum atomic E-state index is 13.2. The fourth-order valence-electron chi connectivity index (χ4n) is 3.75. The molecule has 1 aliphatic rings. The number of fused-ring (bicyclic) bond motifs is 1. The highest BCUT2D eigenvalue weighted by molar-refractivity contribution is 6.34. The molecule has 0 bridgehead atoms. The summed E-state index contributed by atoms with van der Waals surface area (Å²) in [6.45, 7) is 2.19. The van der Waals surface area contributed by atoms with Crippen molar-refractivity contribution in [1.29, 1.82) is 0 Å². The summed E-state index contributed by atoms with van der Waals surface area (Å²) in [4.78, 5) is 18.2. The molecule has 0 radical (unpaired) electrons. The third kappa shape index (κ3) is 3.70. The first kappa shape index (κ1) is 18.0. The van der Waals surface area contributed by atoms with Gasteiger partial charge in [0.05, 0.1) is 10.6 Å². The molecule has 6 heteroatoms. The van der Waals surface area contributed by atoms with Crippen molar-refractivity contribution in [2.24, 2.45) is 0 Å². The van der Waals surface area contributed by atoms with Crippen LogP contribution in [0.3, 0.4) is 0 Å². The van der Waals surface area contributed by atoms with Gasteiger partial charge in [-0.1, -0.05) is 11.6 Å². The van der Waals surface area contributed by atoms with E-state index in [0.29, 0.717) is 11.6 Å². The third-order valence-corrected chi connectivity index (χ3v) is 5.62. The van der Waals surface area contributed by atoms with Crippen LogP contribution in [-0.2, 0) is 0 Å². The van der Waals surface area contributed by atoms with Crippen LogP contribution in [0.1, 0.15) is 34.7 Å². The van der Waals surface area contributed by atoms with Crippen LogP contribution in [0.5, 0.6) is 0 Å². The van der Waals surface area contributed by atoms with Gasteiger partial charge in [0.2, 0.25) is 0 Å². The minimum atomic E-state index is -0.465. The molecule has 140 valence electrons. The number of benzene rings is 2. The second-order valence-corrected chi connectivity index (χ2v) is 7.57. The van der Waals surface area contributed by atoms with Crippen molar-refractivity contribution in [3.05, 3.63) is 64.6 Å². The van der Waals surface area contributed by atoms with Crippen molar-refractivity contribution in [3.8, 4) is 0 Å². The Kier molecular flexibility index (Phi) is 4.89. The Morgan fingerprint density at radius 2 is 2.00 bits per heavy atom. The van der Waals surface area contributed by atoms with E-state index in [2.05, 4.69) is 28.4 Å². The highest BCUT2D eigenvalue weighted by atomic mass is 35.5. The second kappa shape index (κ2) is 7.33. The number of anilines is 1. The second-order valence-electron chi connectivity index (χ2n) is 7.16. The maximum Gasteiger partial charge on any atom is 0.257 e. The van der Waals surface area contributed by atoms with Crippen LogP contribution in [0.25, 0.3) is 10.9 Å². The number of likely N-dealkylation sites (tertiary alicyclic amines) is 1. The van der Waals surface area contributed by atoms with Gasteiger partial charge in [0.15, 0.2) is 0 Å². The van der Waals surface area contributed by atoms with Gasteiger partial charge in [0.25, 0.3) is 5.91 Å². The number of hydrogen-bond donors (Lipinski definition) is 2. The molecule has 0 atom stereocenters. The molecule has 2 heterocycles. The summed E-state index contributed by atoms with van der Waals surface area (Å²) >= 11 is 6.00. The Labute approximate surface area is 162 Å². The summed E-state index contributed by atoms with van der Waals surface area (Å²) in [5.41, 5.74) is 3.31. The van der Waals surface area contributed by atoms with Gasteiger partial charge in [0.1, 0.15) is 5.82 Å². The number of H-pyrrole nitrogens is 1. The normalized spacial score (nSPS) is 16.0. The van der Waals surface area contributed by atoms with Gasteiger partial charge in [-0.3, -0.25) is 4.79 Å². The number of hydrogen-bond acceptors (Lipinski definition) is 2. The van der Waals surface area contributed by atoms with Gasteiger partial charge < -0.3 is 15.2 Å². The van der Waals surface area contributed by atoms with Gasteiger partial charge in [-0.05, 0) is 80.9 Å². The van der Waals surface area contributed by atoms with E-state index >= 15 is 0 Å². The lowest BCUT2D eigenvalue weighted by molar-refractivity contribution is 0.102. The number of halogens is 2. The number of carbonyl (C=O) groups is 1. The van der Waals surface area contributed by atoms with Crippen molar-refractivity contribution >= 4 is 34.1 Å². The van der Waals surface area contributed by atoms with E-state index in [-0.39, 0.29) is 16.5 Å². The number of piperidine rings is 1. The van der Waals surface area contributed by atoms with Gasteiger partial charge in [-0.25, -0.2) is 4.39 Å². The summed E-state index contributed by atoms with van der Waals surface area (Å²) in [5.74, 6) is -0.295. The van der Waals surface area contributed by atoms with Gasteiger partial charge in [-0.2, -0.15) is 0 Å². The molecule has 1 amide bonds. The molecule has 27 heavy (non-hydrogen) atoms. The first-order valence-corrected chi connectivity index (χ1v) is 9.45. The molecule has 2 N–H and O–H groups in total. The summed E-state index contributed by atoms with van der Waals surface area (Å²) in [7, 11) is 2.15. The number of carbonyl (C=O) groups excluding carboxylic acids is 1. The predicted octanol–water partition coefficient (Wildman–Crippen LogP) is 5.02. The van der Waals surface area contributed by atoms with Crippen molar-refractivity contribution in [1.82, 2.24) is 9.88 Å². The molecule has 0 aliphatic carbocycles. The van der Waals surface area contributed by atoms with E-state index in [0.717, 1.165) is 42.9 Å². The molecule has 0 spiro atoms. The maximum absolute atomic E-state index is 13.2. The van der Waals surface area contributed by atoms with Crippen LogP contribution in [0, 0.1) is 5.82 Å². The number of amides is 1. The average molecular weight is 386 g/mol. The van der Waals surface area contributed by atoms with Crippen molar-refractivity contribution in [2.75, 3.05) is 25.5 Å². The molecule has 0 unspecified atom stereocenters. The molecule has 4 nitrogen and oxygen atoms in total. The fraction of sp³-hybridized carbons (Fsp3) is 0.286. The third-order valence-electron chi connectivity index (χ3n) is 5.31. The van der Waals surface area contributed by atoms with E-state index in [9.17, 15) is 9.18 Å². The summed E-state index contributed by atoms with van der Waals surface area (Å²) < 4.78 is 13.2. The number of nitrogens with zero attached hydrogens (tertiary/aromatic N) is 1. The first-order valence-electron chi connectivity index (χ1n) is 9.07. The van der Waals surface area contributed by atoms with E-state index in [1.807, 2.05) is 18.2 Å². The zero-order chi connectivity index (χ0) is 19.0. The highest BCUT2D eigenvalue weighted by Crippen LogP contribution is 2.34. The first-order chi connectivity index (χ1) is 13.0. The Balaban J connectivity index is 1.59. The summed E-state index contributed by atoms with van der Waals surface area (Å²) in [6, 6.07) is 9.58. The fourth-order valence-corrected chi connectivity index (χ4v) is 4.00. The number of aromatic nitrogens is 1. The van der Waals surface area contributed by atoms with E-state index in [1.165, 1.54) is 17.7 Å². The van der Waals surface area contributed by atoms with Crippen LogP contribution in [-0.4, -0.2) is 35.9 Å². The zero-order valence-electron chi connectivity index (χ0n) is 15.1. The lowest BCUT2D eigenvalue weighted by atomic mass is 9.89. The molecular weight excluding hydrogens is 365 g/mol. The molecule has 0 saturated carbocycles. The molecular formula is C21H21ClFN3O. The molecule has 1 aliphatic heterocycles. The minimum Gasteiger partial charge on any atom is -0.361 e. The van der Waals surface area contributed by atoms with Gasteiger partial charge in [0, 0.05) is 22.8 Å². The Bertz CT molecular complexity index is 992. The number of aromatic amines is 1. The number of rotatable bonds is 3. The molecule has 1 fully saturated rings. The van der Waals surface area contributed by atoms with Crippen molar-refractivity contribution in [2.45, 2.75) is 18.8 Å². The van der Waals surface area contributed by atoms with Crippen LogP contribution in [0.2, 0.25) is 5.02 Å². The molecule has 1 aromatic heterocycles. The highest BCUT2D eigenvalue weighted by Gasteiger charge is 2.21. The van der Waals surface area contributed by atoms with Crippen molar-refractivity contribution in [3.63, 3.8) is 0 Å². The quantitative estimate of drug-likeness (QED) is 0.664. The number of nitrogens with one attached hydrogen (secondary N) is 2. The Morgan fingerprint density at radius 3 is 2.74 bits per heavy atom. The van der Waals surface area contributed by atoms with E-state index < -0.39 is 5.82 Å². The molecule has 3 aromatic rings. The van der Waals surface area contributed by atoms with Gasteiger partial charge in [-0.15, -0.1) is 0 Å². The predicted molar refractivity (Wildman–Crippen MR) is 107 cm³/mol. The molecule has 1 saturated heterocycles. The Hall–Kier alpha value is -2.37. The zero-order valence-corrected chi connectivity index (χ0v) is 15.8. The Morgan fingerprint density at radius 1 is 1.22 bits per heavy atom. The lowest BCUT2D eigenvalue weighted by Crippen LogP contribution is -2.29. The van der Waals surface area contributed by atoms with E-state index in [1.54, 1.807) is 0 Å². The van der Waals surface area contributed by atoms with E-state index in [4.69, 9.17) is 11.6 Å². The molecule has 2 aromatic carbocycles. The van der Waals surface area contributed by atoms with Crippen LogP contribution >= 0.6 is 11.6 Å².